The molecule has 5 heteroatoms. The smallest absolute Gasteiger partial charge is 0.186 e. The molecule has 0 saturated carbocycles. The molecule has 1 fully saturated rings. The van der Waals surface area contributed by atoms with Crippen LogP contribution in [0.2, 0.25) is 0 Å². The highest BCUT2D eigenvalue weighted by Gasteiger charge is 2.50. The SMILES string of the molecule is CCc1cnc(N2[C@@H](C#N)[C@H](c3ccc(C4=CCCCC4)cc3)[C@@H]2CO)s1. The number of nitriles is 1. The number of hydrogen-bond donors (Lipinski definition) is 1. The van der Waals surface area contributed by atoms with Crippen LogP contribution in [0.15, 0.2) is 36.5 Å². The predicted molar refractivity (Wildman–Crippen MR) is 110 cm³/mol. The van der Waals surface area contributed by atoms with E-state index in [0.717, 1.165) is 23.5 Å². The van der Waals surface area contributed by atoms with E-state index in [1.165, 1.54) is 35.3 Å². The molecule has 1 aliphatic heterocycles. The van der Waals surface area contributed by atoms with Crippen molar-refractivity contribution in [3.63, 3.8) is 0 Å². The van der Waals surface area contributed by atoms with E-state index in [0.29, 0.717) is 0 Å². The maximum Gasteiger partial charge on any atom is 0.186 e. The molecule has 0 bridgehead atoms. The van der Waals surface area contributed by atoms with Gasteiger partial charge in [0.15, 0.2) is 5.13 Å². The fourth-order valence-electron chi connectivity index (χ4n) is 4.27. The van der Waals surface area contributed by atoms with Crippen LogP contribution in [-0.4, -0.2) is 28.8 Å². The van der Waals surface area contributed by atoms with E-state index in [2.05, 4.69) is 48.3 Å². The fraction of sp³-hybridized carbons (Fsp3) is 0.455. The van der Waals surface area contributed by atoms with Gasteiger partial charge in [0.2, 0.25) is 0 Å². The lowest BCUT2D eigenvalue weighted by atomic mass is 9.76. The van der Waals surface area contributed by atoms with E-state index in [1.807, 2.05) is 11.1 Å². The van der Waals surface area contributed by atoms with Crippen LogP contribution >= 0.6 is 11.3 Å². The molecule has 1 aromatic heterocycles. The number of rotatable bonds is 5. The number of aliphatic hydroxyl groups excluding tert-OH is 1. The minimum atomic E-state index is -0.280. The zero-order chi connectivity index (χ0) is 18.8. The Balaban J connectivity index is 1.57. The molecule has 2 aromatic rings. The predicted octanol–water partition coefficient (Wildman–Crippen LogP) is 4.52. The van der Waals surface area contributed by atoms with Crippen molar-refractivity contribution in [1.29, 1.82) is 5.26 Å². The number of aliphatic hydroxyl groups is 1. The Morgan fingerprint density at radius 3 is 2.70 bits per heavy atom. The second-order valence-corrected chi connectivity index (χ2v) is 8.41. The fourth-order valence-corrected chi connectivity index (χ4v) is 5.21. The summed E-state index contributed by atoms with van der Waals surface area (Å²) in [4.78, 5) is 7.68. The van der Waals surface area contributed by atoms with E-state index < -0.39 is 0 Å². The van der Waals surface area contributed by atoms with Crippen LogP contribution in [0.5, 0.6) is 0 Å². The van der Waals surface area contributed by atoms with Crippen molar-refractivity contribution in [1.82, 2.24) is 4.98 Å². The summed E-state index contributed by atoms with van der Waals surface area (Å²) in [6.45, 7) is 2.13. The van der Waals surface area contributed by atoms with Gasteiger partial charge in [0.1, 0.15) is 6.04 Å². The third-order valence-electron chi connectivity index (χ3n) is 5.80. The molecule has 140 valence electrons. The Bertz CT molecular complexity index is 864. The van der Waals surface area contributed by atoms with Crippen LogP contribution in [0, 0.1) is 11.3 Å². The molecular weight excluding hydrogens is 354 g/mol. The van der Waals surface area contributed by atoms with Gasteiger partial charge in [0.05, 0.1) is 18.7 Å². The van der Waals surface area contributed by atoms with Crippen molar-refractivity contribution in [2.75, 3.05) is 11.5 Å². The monoisotopic (exact) mass is 379 g/mol. The number of thiazole rings is 1. The van der Waals surface area contributed by atoms with Crippen molar-refractivity contribution in [3.8, 4) is 6.07 Å². The van der Waals surface area contributed by atoms with Crippen molar-refractivity contribution in [2.24, 2.45) is 0 Å². The molecule has 1 aromatic carbocycles. The maximum absolute atomic E-state index is 10.0. The molecule has 0 radical (unpaired) electrons. The van der Waals surface area contributed by atoms with Gasteiger partial charge in [-0.1, -0.05) is 37.3 Å². The average Bonchev–Trinajstić information content (AvgIpc) is 3.17. The lowest BCUT2D eigenvalue weighted by Crippen LogP contribution is -2.63. The van der Waals surface area contributed by atoms with E-state index in [9.17, 15) is 10.4 Å². The number of benzene rings is 1. The number of anilines is 1. The van der Waals surface area contributed by atoms with Crippen LogP contribution in [0.1, 0.15) is 54.5 Å². The molecule has 27 heavy (non-hydrogen) atoms. The first-order valence-corrected chi connectivity index (χ1v) is 10.6. The Hall–Kier alpha value is -2.16. The molecule has 4 nitrogen and oxygen atoms in total. The third kappa shape index (κ3) is 3.28. The Labute approximate surface area is 164 Å². The first kappa shape index (κ1) is 18.2. The molecule has 0 spiro atoms. The summed E-state index contributed by atoms with van der Waals surface area (Å²) < 4.78 is 0. The molecule has 4 rings (SSSR count). The van der Waals surface area contributed by atoms with Gasteiger partial charge in [0, 0.05) is 17.0 Å². The largest absolute Gasteiger partial charge is 0.394 e. The van der Waals surface area contributed by atoms with Gasteiger partial charge in [-0.05, 0) is 48.8 Å². The van der Waals surface area contributed by atoms with Crippen LogP contribution < -0.4 is 4.90 Å². The van der Waals surface area contributed by atoms with Crippen LogP contribution in [0.3, 0.4) is 0 Å². The zero-order valence-corrected chi connectivity index (χ0v) is 16.5. The highest BCUT2D eigenvalue weighted by Crippen LogP contribution is 2.45. The molecule has 2 heterocycles. The normalized spacial score (nSPS) is 24.9. The van der Waals surface area contributed by atoms with Gasteiger partial charge in [-0.2, -0.15) is 5.26 Å². The number of hydrogen-bond acceptors (Lipinski definition) is 5. The summed E-state index contributed by atoms with van der Waals surface area (Å²) in [5.41, 5.74) is 3.86. The quantitative estimate of drug-likeness (QED) is 0.830. The first-order valence-electron chi connectivity index (χ1n) is 9.79. The van der Waals surface area contributed by atoms with Gasteiger partial charge in [-0.3, -0.25) is 0 Å². The van der Waals surface area contributed by atoms with Crippen molar-refractivity contribution in [3.05, 3.63) is 52.5 Å². The number of aromatic nitrogens is 1. The van der Waals surface area contributed by atoms with Gasteiger partial charge < -0.3 is 10.0 Å². The third-order valence-corrected chi connectivity index (χ3v) is 6.95. The topological polar surface area (TPSA) is 60.2 Å². The van der Waals surface area contributed by atoms with Crippen molar-refractivity contribution < 1.29 is 5.11 Å². The van der Waals surface area contributed by atoms with E-state index >= 15 is 0 Å². The van der Waals surface area contributed by atoms with Gasteiger partial charge in [0.25, 0.3) is 0 Å². The highest BCUT2D eigenvalue weighted by molar-refractivity contribution is 7.15. The second kappa shape index (κ2) is 7.84. The molecule has 1 aliphatic carbocycles. The van der Waals surface area contributed by atoms with E-state index in [1.54, 1.807) is 11.3 Å². The lowest BCUT2D eigenvalue weighted by Gasteiger charge is -2.51. The summed E-state index contributed by atoms with van der Waals surface area (Å²) in [5, 5.41) is 20.6. The van der Waals surface area contributed by atoms with Crippen LogP contribution in [0.25, 0.3) is 5.57 Å². The first-order chi connectivity index (χ1) is 13.3. The number of allylic oxidation sites excluding steroid dienone is 2. The molecular formula is C22H25N3OS. The maximum atomic E-state index is 10.0. The van der Waals surface area contributed by atoms with Crippen LogP contribution in [-0.2, 0) is 6.42 Å². The summed E-state index contributed by atoms with van der Waals surface area (Å²) in [6, 6.07) is 10.7. The summed E-state index contributed by atoms with van der Waals surface area (Å²) in [7, 11) is 0. The minimum absolute atomic E-state index is 0.0170. The Kier molecular flexibility index (Phi) is 5.29. The number of aryl methyl sites for hydroxylation is 1. The molecule has 2 aliphatic rings. The van der Waals surface area contributed by atoms with Crippen molar-refractivity contribution in [2.45, 2.75) is 57.0 Å². The highest BCUT2D eigenvalue weighted by atomic mass is 32.1. The van der Waals surface area contributed by atoms with Crippen molar-refractivity contribution >= 4 is 22.0 Å². The summed E-state index contributed by atoms with van der Waals surface area (Å²) in [5.74, 6) is 0.0170. The number of nitrogens with zero attached hydrogens (tertiary/aromatic N) is 3. The Morgan fingerprint density at radius 2 is 2.11 bits per heavy atom. The lowest BCUT2D eigenvalue weighted by molar-refractivity contribution is 0.187. The molecule has 1 N–H and O–H groups in total. The summed E-state index contributed by atoms with van der Waals surface area (Å²) >= 11 is 1.62. The standard InChI is InChI=1S/C22H25N3OS/c1-2-18-13-24-22(27-18)25-19(12-23)21(20(25)14-26)17-10-8-16(9-11-17)15-6-4-3-5-7-15/h6,8-11,13,19-21,26H,2-5,7,14H2,1H3/t19-,20-,21-/m0/s1. The van der Waals surface area contributed by atoms with E-state index in [-0.39, 0.29) is 24.6 Å². The second-order valence-electron chi connectivity index (χ2n) is 7.32. The van der Waals surface area contributed by atoms with Gasteiger partial charge in [-0.25, -0.2) is 4.98 Å². The Morgan fingerprint density at radius 1 is 1.30 bits per heavy atom. The van der Waals surface area contributed by atoms with E-state index in [4.69, 9.17) is 0 Å². The zero-order valence-electron chi connectivity index (χ0n) is 15.6. The molecule has 0 unspecified atom stereocenters. The molecule has 0 amide bonds. The van der Waals surface area contributed by atoms with Crippen LogP contribution in [0.4, 0.5) is 5.13 Å². The van der Waals surface area contributed by atoms with Gasteiger partial charge >= 0.3 is 0 Å². The molecule has 1 saturated heterocycles. The molecule has 3 atom stereocenters. The minimum Gasteiger partial charge on any atom is -0.394 e. The summed E-state index contributed by atoms with van der Waals surface area (Å²) in [6.07, 6.45) is 10.0. The average molecular weight is 380 g/mol. The van der Waals surface area contributed by atoms with Gasteiger partial charge in [-0.15, -0.1) is 11.3 Å².